The first-order valence-corrected chi connectivity index (χ1v) is 9.95. The Balaban J connectivity index is 1.42. The minimum Gasteiger partial charge on any atom is -0.456 e. The fourth-order valence-corrected chi connectivity index (χ4v) is 3.08. The van der Waals surface area contributed by atoms with Gasteiger partial charge >= 0.3 is 5.97 Å². The van der Waals surface area contributed by atoms with Gasteiger partial charge in [0.05, 0.1) is 12.6 Å². The summed E-state index contributed by atoms with van der Waals surface area (Å²) in [6.07, 6.45) is 2.04. The number of benzene rings is 2. The molecule has 0 aliphatic carbocycles. The number of rotatable bonds is 8. The summed E-state index contributed by atoms with van der Waals surface area (Å²) in [5.41, 5.74) is 1.90. The molecule has 0 fully saturated rings. The van der Waals surface area contributed by atoms with Crippen LogP contribution in [0.2, 0.25) is 0 Å². The van der Waals surface area contributed by atoms with Crippen molar-refractivity contribution >= 4 is 27.8 Å². The molecule has 3 rings (SSSR count). The zero-order chi connectivity index (χ0) is 20.6. The molecule has 0 radical (unpaired) electrons. The van der Waals surface area contributed by atoms with Crippen LogP contribution in [0.15, 0.2) is 69.7 Å². The Bertz CT molecular complexity index is 972. The Morgan fingerprint density at radius 1 is 1.10 bits per heavy atom. The lowest BCUT2D eigenvalue weighted by Gasteiger charge is -2.18. The molecular formula is C22H21BrN2O4. The van der Waals surface area contributed by atoms with Crippen LogP contribution in [-0.2, 0) is 27.3 Å². The van der Waals surface area contributed by atoms with E-state index in [4.69, 9.17) is 9.15 Å². The number of carbonyl (C=O) groups excluding carboxylic acids is 2. The number of likely N-dealkylation sites (N-methyl/N-ethyl adjacent to an activating group) is 1. The summed E-state index contributed by atoms with van der Waals surface area (Å²) < 4.78 is 11.7. The van der Waals surface area contributed by atoms with Crippen LogP contribution in [0.3, 0.4) is 0 Å². The molecule has 1 aromatic heterocycles. The number of hydrogen-bond acceptors (Lipinski definition) is 5. The van der Waals surface area contributed by atoms with Crippen molar-refractivity contribution in [3.63, 3.8) is 0 Å². The molecule has 1 heterocycles. The van der Waals surface area contributed by atoms with E-state index in [0.717, 1.165) is 15.6 Å². The second-order valence-electron chi connectivity index (χ2n) is 6.49. The standard InChI is InChI=1S/C22H21BrN2O4/c1-25(14-17-9-5-6-10-18(17)23)21(26)15-28-22(27)12-11-20-24-13-19(29-20)16-7-3-2-4-8-16/h2-10,13H,11-12,14-15H2,1H3. The van der Waals surface area contributed by atoms with Crippen molar-refractivity contribution in [3.05, 3.63) is 76.7 Å². The maximum absolute atomic E-state index is 12.2. The smallest absolute Gasteiger partial charge is 0.306 e. The number of halogens is 1. The van der Waals surface area contributed by atoms with Gasteiger partial charge in [0.25, 0.3) is 5.91 Å². The zero-order valence-corrected chi connectivity index (χ0v) is 17.6. The van der Waals surface area contributed by atoms with E-state index in [0.29, 0.717) is 24.6 Å². The van der Waals surface area contributed by atoms with Crippen molar-refractivity contribution in [2.75, 3.05) is 13.7 Å². The van der Waals surface area contributed by atoms with Crippen LogP contribution >= 0.6 is 15.9 Å². The van der Waals surface area contributed by atoms with E-state index in [9.17, 15) is 9.59 Å². The molecule has 0 aliphatic rings. The van der Waals surface area contributed by atoms with Gasteiger partial charge in [0.15, 0.2) is 18.3 Å². The van der Waals surface area contributed by atoms with E-state index in [1.807, 2.05) is 54.6 Å². The topological polar surface area (TPSA) is 72.6 Å². The summed E-state index contributed by atoms with van der Waals surface area (Å²) in [5.74, 6) is 0.375. The van der Waals surface area contributed by atoms with Crippen molar-refractivity contribution in [1.29, 1.82) is 0 Å². The summed E-state index contributed by atoms with van der Waals surface area (Å²) in [4.78, 5) is 29.9. The first kappa shape index (κ1) is 20.8. The molecule has 1 amide bonds. The molecule has 0 aliphatic heterocycles. The van der Waals surface area contributed by atoms with Crippen molar-refractivity contribution in [2.24, 2.45) is 0 Å². The molecule has 150 valence electrons. The number of aryl methyl sites for hydroxylation is 1. The van der Waals surface area contributed by atoms with Crippen LogP contribution in [0.1, 0.15) is 17.9 Å². The van der Waals surface area contributed by atoms with Crippen LogP contribution in [-0.4, -0.2) is 35.4 Å². The minimum atomic E-state index is -0.466. The van der Waals surface area contributed by atoms with Gasteiger partial charge in [0.2, 0.25) is 0 Å². The summed E-state index contributed by atoms with van der Waals surface area (Å²) >= 11 is 3.46. The SMILES string of the molecule is CN(Cc1ccccc1Br)C(=O)COC(=O)CCc1ncc(-c2ccccc2)o1. The molecule has 0 atom stereocenters. The average Bonchev–Trinajstić information content (AvgIpc) is 3.22. The quantitative estimate of drug-likeness (QED) is 0.474. The second-order valence-corrected chi connectivity index (χ2v) is 7.34. The first-order chi connectivity index (χ1) is 14.0. The highest BCUT2D eigenvalue weighted by molar-refractivity contribution is 9.10. The van der Waals surface area contributed by atoms with Crippen molar-refractivity contribution < 1.29 is 18.7 Å². The highest BCUT2D eigenvalue weighted by Gasteiger charge is 2.15. The van der Waals surface area contributed by atoms with Crippen LogP contribution in [0.5, 0.6) is 0 Å². The highest BCUT2D eigenvalue weighted by Crippen LogP contribution is 2.20. The molecular weight excluding hydrogens is 436 g/mol. The zero-order valence-electron chi connectivity index (χ0n) is 16.0. The van der Waals surface area contributed by atoms with Gasteiger partial charge in [0, 0.05) is 30.0 Å². The molecule has 7 heteroatoms. The normalized spacial score (nSPS) is 10.6. The molecule has 29 heavy (non-hydrogen) atoms. The van der Waals surface area contributed by atoms with Gasteiger partial charge in [-0.05, 0) is 11.6 Å². The number of amides is 1. The number of oxazole rings is 1. The third kappa shape index (κ3) is 6.02. The van der Waals surface area contributed by atoms with Gasteiger partial charge in [-0.15, -0.1) is 0 Å². The number of esters is 1. The molecule has 0 bridgehead atoms. The fourth-order valence-electron chi connectivity index (χ4n) is 2.67. The van der Waals surface area contributed by atoms with Crippen LogP contribution in [0.25, 0.3) is 11.3 Å². The van der Waals surface area contributed by atoms with Crippen molar-refractivity contribution in [3.8, 4) is 11.3 Å². The number of aromatic nitrogens is 1. The number of nitrogens with zero attached hydrogens (tertiary/aromatic N) is 2. The Hall–Kier alpha value is -2.93. The lowest BCUT2D eigenvalue weighted by molar-refractivity contribution is -0.151. The van der Waals surface area contributed by atoms with Gasteiger partial charge in [-0.3, -0.25) is 9.59 Å². The average molecular weight is 457 g/mol. The first-order valence-electron chi connectivity index (χ1n) is 9.16. The lowest BCUT2D eigenvalue weighted by Crippen LogP contribution is -2.31. The maximum Gasteiger partial charge on any atom is 0.306 e. The molecule has 0 spiro atoms. The lowest BCUT2D eigenvalue weighted by atomic mass is 10.2. The Labute approximate surface area is 177 Å². The Kier molecular flexibility index (Phi) is 7.19. The Morgan fingerprint density at radius 2 is 1.83 bits per heavy atom. The monoisotopic (exact) mass is 456 g/mol. The largest absolute Gasteiger partial charge is 0.456 e. The van der Waals surface area contributed by atoms with E-state index in [1.165, 1.54) is 4.90 Å². The van der Waals surface area contributed by atoms with Crippen molar-refractivity contribution in [2.45, 2.75) is 19.4 Å². The van der Waals surface area contributed by atoms with Crippen LogP contribution in [0, 0.1) is 0 Å². The predicted octanol–water partition coefficient (Wildman–Crippen LogP) is 4.24. The summed E-state index contributed by atoms with van der Waals surface area (Å²) in [7, 11) is 1.67. The van der Waals surface area contributed by atoms with Crippen molar-refractivity contribution in [1.82, 2.24) is 9.88 Å². The summed E-state index contributed by atoms with van der Waals surface area (Å²) in [5, 5.41) is 0. The number of hydrogen-bond donors (Lipinski definition) is 0. The van der Waals surface area contributed by atoms with Gasteiger partial charge in [-0.1, -0.05) is 64.5 Å². The molecule has 3 aromatic rings. The van der Waals surface area contributed by atoms with E-state index in [2.05, 4.69) is 20.9 Å². The van der Waals surface area contributed by atoms with Gasteiger partial charge in [-0.2, -0.15) is 0 Å². The summed E-state index contributed by atoms with van der Waals surface area (Å²) in [6, 6.07) is 17.3. The minimum absolute atomic E-state index is 0.0932. The van der Waals surface area contributed by atoms with Gasteiger partial charge < -0.3 is 14.1 Å². The molecule has 2 aromatic carbocycles. The van der Waals surface area contributed by atoms with Gasteiger partial charge in [0.1, 0.15) is 0 Å². The van der Waals surface area contributed by atoms with E-state index in [-0.39, 0.29) is 18.9 Å². The molecule has 6 nitrogen and oxygen atoms in total. The fraction of sp³-hybridized carbons (Fsp3) is 0.227. The maximum atomic E-state index is 12.2. The van der Waals surface area contributed by atoms with Crippen LogP contribution in [0.4, 0.5) is 0 Å². The highest BCUT2D eigenvalue weighted by atomic mass is 79.9. The number of ether oxygens (including phenoxy) is 1. The van der Waals surface area contributed by atoms with Gasteiger partial charge in [-0.25, -0.2) is 4.98 Å². The predicted molar refractivity (Wildman–Crippen MR) is 112 cm³/mol. The molecule has 0 saturated carbocycles. The number of carbonyl (C=O) groups is 2. The van der Waals surface area contributed by atoms with E-state index < -0.39 is 5.97 Å². The van der Waals surface area contributed by atoms with E-state index in [1.54, 1.807) is 13.2 Å². The third-order valence-electron chi connectivity index (χ3n) is 4.30. The van der Waals surface area contributed by atoms with Crippen LogP contribution < -0.4 is 0 Å². The third-order valence-corrected chi connectivity index (χ3v) is 5.08. The molecule has 0 unspecified atom stereocenters. The second kappa shape index (κ2) is 10.0. The summed E-state index contributed by atoms with van der Waals surface area (Å²) in [6.45, 7) is 0.136. The Morgan fingerprint density at radius 3 is 2.59 bits per heavy atom. The van der Waals surface area contributed by atoms with E-state index >= 15 is 0 Å². The molecule has 0 saturated heterocycles. The molecule has 0 N–H and O–H groups in total.